The van der Waals surface area contributed by atoms with Crippen molar-refractivity contribution in [3.8, 4) is 0 Å². The lowest BCUT2D eigenvalue weighted by atomic mass is 10.0. The Morgan fingerprint density at radius 3 is 2.40 bits per heavy atom. The molecule has 7 heteroatoms. The van der Waals surface area contributed by atoms with E-state index in [0.29, 0.717) is 11.6 Å². The van der Waals surface area contributed by atoms with E-state index in [1.54, 1.807) is 24.5 Å². The van der Waals surface area contributed by atoms with E-state index in [1.165, 1.54) is 5.56 Å². The van der Waals surface area contributed by atoms with Gasteiger partial charge in [0.15, 0.2) is 0 Å². The van der Waals surface area contributed by atoms with Gasteiger partial charge in [0, 0.05) is 24.6 Å². The molecule has 1 aromatic heterocycles. The fraction of sp³-hybridized carbons (Fsp3) is 0.333. The number of pyridine rings is 1. The Balaban J connectivity index is 2.04. The number of anilines is 1. The molecule has 0 atom stereocenters. The Labute approximate surface area is 148 Å². The molecule has 0 spiro atoms. The molecule has 0 saturated carbocycles. The van der Waals surface area contributed by atoms with Crippen molar-refractivity contribution < 1.29 is 13.2 Å². The number of rotatable bonds is 7. The molecule has 25 heavy (non-hydrogen) atoms. The quantitative estimate of drug-likeness (QED) is 0.822. The number of aromatic nitrogens is 1. The molecule has 134 valence electrons. The van der Waals surface area contributed by atoms with Crippen LogP contribution in [0, 0.1) is 0 Å². The second-order valence-corrected chi connectivity index (χ2v) is 8.20. The van der Waals surface area contributed by atoms with Crippen LogP contribution in [0.3, 0.4) is 0 Å². The Bertz CT molecular complexity index is 803. The van der Waals surface area contributed by atoms with E-state index in [0.717, 1.165) is 16.1 Å². The summed E-state index contributed by atoms with van der Waals surface area (Å²) in [5.74, 6) is 0.0246. The molecule has 1 N–H and O–H groups in total. The summed E-state index contributed by atoms with van der Waals surface area (Å²) >= 11 is 0. The highest BCUT2D eigenvalue weighted by molar-refractivity contribution is 7.88. The van der Waals surface area contributed by atoms with E-state index >= 15 is 0 Å². The number of benzene rings is 1. The molecule has 0 bridgehead atoms. The second kappa shape index (κ2) is 8.22. The Morgan fingerprint density at radius 2 is 1.88 bits per heavy atom. The summed E-state index contributed by atoms with van der Waals surface area (Å²) in [6.45, 7) is 4.04. The van der Waals surface area contributed by atoms with Crippen molar-refractivity contribution in [2.45, 2.75) is 26.3 Å². The second-order valence-electron chi connectivity index (χ2n) is 6.22. The number of amides is 1. The number of hydrogen-bond acceptors (Lipinski definition) is 4. The number of nitrogens with one attached hydrogen (secondary N) is 1. The molecule has 1 amide bonds. The Kier molecular flexibility index (Phi) is 6.27. The van der Waals surface area contributed by atoms with Crippen molar-refractivity contribution in [1.29, 1.82) is 0 Å². The summed E-state index contributed by atoms with van der Waals surface area (Å²) in [6.07, 6.45) is 4.29. The van der Waals surface area contributed by atoms with Gasteiger partial charge in [-0.2, -0.15) is 4.31 Å². The third kappa shape index (κ3) is 5.95. The van der Waals surface area contributed by atoms with Crippen LogP contribution in [0.1, 0.15) is 30.9 Å². The van der Waals surface area contributed by atoms with Crippen LogP contribution >= 0.6 is 0 Å². The van der Waals surface area contributed by atoms with Gasteiger partial charge < -0.3 is 5.32 Å². The van der Waals surface area contributed by atoms with Crippen molar-refractivity contribution in [2.75, 3.05) is 18.1 Å². The standard InChI is InChI=1S/C18H23N3O3S/c1-14(2)16-6-8-17(9-7-16)20-18(22)13-21(25(3,23)24)12-15-5-4-10-19-11-15/h4-11,14H,12-13H2,1-3H3,(H,20,22). The Morgan fingerprint density at radius 1 is 1.20 bits per heavy atom. The number of nitrogens with zero attached hydrogens (tertiary/aromatic N) is 2. The average molecular weight is 361 g/mol. The first-order chi connectivity index (χ1) is 11.8. The summed E-state index contributed by atoms with van der Waals surface area (Å²) in [5.41, 5.74) is 2.54. The topological polar surface area (TPSA) is 79.4 Å². The minimum absolute atomic E-state index is 0.104. The third-order valence-electron chi connectivity index (χ3n) is 3.73. The van der Waals surface area contributed by atoms with E-state index in [4.69, 9.17) is 0 Å². The average Bonchev–Trinajstić information content (AvgIpc) is 2.55. The summed E-state index contributed by atoms with van der Waals surface area (Å²) in [4.78, 5) is 16.2. The van der Waals surface area contributed by atoms with Gasteiger partial charge in [0.2, 0.25) is 15.9 Å². The molecule has 0 aliphatic heterocycles. The van der Waals surface area contributed by atoms with Crippen molar-refractivity contribution >= 4 is 21.6 Å². The molecule has 0 fully saturated rings. The van der Waals surface area contributed by atoms with Crippen molar-refractivity contribution in [3.63, 3.8) is 0 Å². The molecule has 1 aromatic carbocycles. The first-order valence-electron chi connectivity index (χ1n) is 7.99. The van der Waals surface area contributed by atoms with Gasteiger partial charge in [-0.1, -0.05) is 32.0 Å². The zero-order valence-corrected chi connectivity index (χ0v) is 15.5. The fourth-order valence-electron chi connectivity index (χ4n) is 2.30. The van der Waals surface area contributed by atoms with E-state index in [9.17, 15) is 13.2 Å². The van der Waals surface area contributed by atoms with Gasteiger partial charge in [-0.15, -0.1) is 0 Å². The van der Waals surface area contributed by atoms with Crippen LogP contribution in [0.15, 0.2) is 48.8 Å². The summed E-state index contributed by atoms with van der Waals surface area (Å²) in [6, 6.07) is 11.0. The van der Waals surface area contributed by atoms with Gasteiger partial charge in [-0.05, 0) is 35.2 Å². The minimum Gasteiger partial charge on any atom is -0.325 e. The minimum atomic E-state index is -3.52. The highest BCUT2D eigenvalue weighted by Gasteiger charge is 2.20. The van der Waals surface area contributed by atoms with Crippen molar-refractivity contribution in [1.82, 2.24) is 9.29 Å². The fourth-order valence-corrected chi connectivity index (χ4v) is 3.03. The van der Waals surface area contributed by atoms with Crippen molar-refractivity contribution in [2.24, 2.45) is 0 Å². The largest absolute Gasteiger partial charge is 0.325 e. The number of carbonyl (C=O) groups excluding carboxylic acids is 1. The third-order valence-corrected chi connectivity index (χ3v) is 4.93. The maximum Gasteiger partial charge on any atom is 0.239 e. The number of hydrogen-bond donors (Lipinski definition) is 1. The van der Waals surface area contributed by atoms with E-state index < -0.39 is 10.0 Å². The van der Waals surface area contributed by atoms with Crippen LogP contribution in [-0.2, 0) is 21.4 Å². The molecule has 2 rings (SSSR count). The molecule has 0 radical (unpaired) electrons. The summed E-state index contributed by atoms with van der Waals surface area (Å²) in [5, 5.41) is 2.74. The summed E-state index contributed by atoms with van der Waals surface area (Å²) < 4.78 is 25.1. The SMILES string of the molecule is CC(C)c1ccc(NC(=O)CN(Cc2cccnc2)S(C)(=O)=O)cc1. The first kappa shape index (κ1) is 19.1. The van der Waals surface area contributed by atoms with E-state index in [2.05, 4.69) is 24.1 Å². The van der Waals surface area contributed by atoms with Crippen molar-refractivity contribution in [3.05, 3.63) is 59.9 Å². The van der Waals surface area contributed by atoms with Crippen LogP contribution in [0.25, 0.3) is 0 Å². The van der Waals surface area contributed by atoms with Crippen LogP contribution in [0.2, 0.25) is 0 Å². The van der Waals surface area contributed by atoms with Gasteiger partial charge in [-0.3, -0.25) is 9.78 Å². The zero-order valence-electron chi connectivity index (χ0n) is 14.6. The van der Waals surface area contributed by atoms with Gasteiger partial charge in [0.05, 0.1) is 12.8 Å². The van der Waals surface area contributed by atoms with Gasteiger partial charge in [0.1, 0.15) is 0 Å². The Hall–Kier alpha value is -2.25. The molecular weight excluding hydrogens is 338 g/mol. The molecule has 2 aromatic rings. The molecule has 1 heterocycles. The molecule has 0 aliphatic carbocycles. The molecule has 0 saturated heterocycles. The maximum atomic E-state index is 12.2. The molecule has 0 aliphatic rings. The van der Waals surface area contributed by atoms with Crippen LogP contribution in [0.5, 0.6) is 0 Å². The van der Waals surface area contributed by atoms with Gasteiger partial charge >= 0.3 is 0 Å². The van der Waals surface area contributed by atoms with Gasteiger partial charge in [0.25, 0.3) is 0 Å². The predicted molar refractivity (Wildman–Crippen MR) is 98.7 cm³/mol. The van der Waals surface area contributed by atoms with E-state index in [1.807, 2.05) is 24.3 Å². The lowest BCUT2D eigenvalue weighted by Gasteiger charge is -2.19. The van der Waals surface area contributed by atoms with Gasteiger partial charge in [-0.25, -0.2) is 8.42 Å². The molecule has 0 unspecified atom stereocenters. The summed E-state index contributed by atoms with van der Waals surface area (Å²) in [7, 11) is -3.52. The van der Waals surface area contributed by atoms with Crippen LogP contribution in [-0.4, -0.2) is 36.4 Å². The highest BCUT2D eigenvalue weighted by Crippen LogP contribution is 2.17. The predicted octanol–water partition coefficient (Wildman–Crippen LogP) is 2.61. The zero-order chi connectivity index (χ0) is 18.4. The smallest absolute Gasteiger partial charge is 0.239 e. The van der Waals surface area contributed by atoms with Crippen LogP contribution in [0.4, 0.5) is 5.69 Å². The molecular formula is C18H23N3O3S. The maximum absolute atomic E-state index is 12.2. The highest BCUT2D eigenvalue weighted by atomic mass is 32.2. The lowest BCUT2D eigenvalue weighted by Crippen LogP contribution is -2.36. The molecule has 6 nitrogen and oxygen atoms in total. The monoisotopic (exact) mass is 361 g/mol. The van der Waals surface area contributed by atoms with Crippen LogP contribution < -0.4 is 5.32 Å². The lowest BCUT2D eigenvalue weighted by molar-refractivity contribution is -0.116. The number of carbonyl (C=O) groups is 1. The normalized spacial score (nSPS) is 11.7. The number of sulfonamides is 1. The van der Waals surface area contributed by atoms with E-state index in [-0.39, 0.29) is 19.0 Å². The first-order valence-corrected chi connectivity index (χ1v) is 9.84.